The van der Waals surface area contributed by atoms with E-state index in [1.165, 1.54) is 31.2 Å². The molecule has 70 valence electrons. The van der Waals surface area contributed by atoms with E-state index >= 15 is 0 Å². The minimum Gasteiger partial charge on any atom is -0.396 e. The maximum atomic E-state index is 4.00. The molecule has 0 saturated carbocycles. The van der Waals surface area contributed by atoms with Gasteiger partial charge in [-0.1, -0.05) is 17.9 Å². The highest BCUT2D eigenvalue weighted by Gasteiger charge is 2.33. The number of fused-ring (bicyclic) bond motifs is 1. The van der Waals surface area contributed by atoms with Crippen molar-refractivity contribution in [3.8, 4) is 0 Å². The number of hydrogen-bond donors (Lipinski definition) is 1. The number of nitrogens with one attached hydrogen (secondary N) is 1. The Morgan fingerprint density at radius 2 is 2.46 bits per heavy atom. The van der Waals surface area contributed by atoms with Crippen molar-refractivity contribution >= 4 is 6.71 Å². The molecular formula is C11H18BN. The summed E-state index contributed by atoms with van der Waals surface area (Å²) >= 11 is 0. The van der Waals surface area contributed by atoms with Gasteiger partial charge in [0.1, 0.15) is 0 Å². The van der Waals surface area contributed by atoms with Crippen molar-refractivity contribution in [3.63, 3.8) is 0 Å². The molecule has 2 heterocycles. The number of allylic oxidation sites excluding steroid dienone is 1. The fourth-order valence-corrected chi connectivity index (χ4v) is 2.70. The lowest BCUT2D eigenvalue weighted by molar-refractivity contribution is 0.456. The van der Waals surface area contributed by atoms with Gasteiger partial charge in [-0.3, -0.25) is 0 Å². The van der Waals surface area contributed by atoms with Crippen molar-refractivity contribution in [2.45, 2.75) is 38.4 Å². The minimum atomic E-state index is 0.751. The standard InChI is InChI=1S/C11H18BN/c1-9(2)7-10-3-4-11-12(8-10)5-6-13-11/h5-6,10-11,13H,1,3-4,7-8H2,2H3. The van der Waals surface area contributed by atoms with Crippen LogP contribution in [0.2, 0.25) is 6.32 Å². The fraction of sp³-hybridized carbons (Fsp3) is 0.636. The zero-order valence-electron chi connectivity index (χ0n) is 8.42. The summed E-state index contributed by atoms with van der Waals surface area (Å²) in [5.74, 6) is 3.99. The lowest BCUT2D eigenvalue weighted by atomic mass is 9.38. The Balaban J connectivity index is 1.89. The Labute approximate surface area is 81.4 Å². The molecule has 1 nitrogen and oxygen atoms in total. The summed E-state index contributed by atoms with van der Waals surface area (Å²) in [5, 5.41) is 3.43. The van der Waals surface area contributed by atoms with Gasteiger partial charge in [-0.15, -0.1) is 6.58 Å². The molecule has 0 amide bonds. The summed E-state index contributed by atoms with van der Waals surface area (Å²) in [6, 6.07) is 0. The average molecular weight is 175 g/mol. The van der Waals surface area contributed by atoms with Crippen molar-refractivity contribution in [1.82, 2.24) is 5.32 Å². The van der Waals surface area contributed by atoms with Crippen LogP contribution in [0, 0.1) is 5.92 Å². The molecule has 2 aliphatic rings. The van der Waals surface area contributed by atoms with Crippen LogP contribution >= 0.6 is 0 Å². The van der Waals surface area contributed by atoms with Crippen molar-refractivity contribution in [1.29, 1.82) is 0 Å². The third-order valence-corrected chi connectivity index (χ3v) is 3.30. The molecule has 0 aromatic heterocycles. The molecule has 0 bridgehead atoms. The summed E-state index contributed by atoms with van der Waals surface area (Å²) in [5.41, 5.74) is 1.35. The second-order valence-electron chi connectivity index (χ2n) is 4.64. The lowest BCUT2D eigenvalue weighted by Gasteiger charge is -2.29. The zero-order chi connectivity index (χ0) is 9.26. The van der Waals surface area contributed by atoms with E-state index in [4.69, 9.17) is 0 Å². The minimum absolute atomic E-state index is 0.751. The van der Waals surface area contributed by atoms with Crippen LogP contribution in [-0.2, 0) is 0 Å². The summed E-state index contributed by atoms with van der Waals surface area (Å²) in [6.07, 6.45) is 7.45. The van der Waals surface area contributed by atoms with Gasteiger partial charge in [-0.05, 0) is 38.3 Å². The average Bonchev–Trinajstić information content (AvgIpc) is 2.49. The highest BCUT2D eigenvalue weighted by atomic mass is 14.9. The molecule has 1 fully saturated rings. The summed E-state index contributed by atoms with van der Waals surface area (Å²) in [7, 11) is 0. The smallest absolute Gasteiger partial charge is 0.194 e. The Hall–Kier alpha value is -0.655. The molecule has 2 atom stereocenters. The van der Waals surface area contributed by atoms with Crippen LogP contribution < -0.4 is 5.32 Å². The van der Waals surface area contributed by atoms with Gasteiger partial charge < -0.3 is 5.32 Å². The van der Waals surface area contributed by atoms with E-state index in [1.54, 1.807) is 0 Å². The first kappa shape index (κ1) is 8.92. The van der Waals surface area contributed by atoms with Crippen LogP contribution in [-0.4, -0.2) is 12.7 Å². The highest BCUT2D eigenvalue weighted by Crippen LogP contribution is 2.31. The van der Waals surface area contributed by atoms with Gasteiger partial charge in [-0.25, -0.2) is 0 Å². The molecule has 2 aliphatic heterocycles. The normalized spacial score (nSPS) is 31.3. The van der Waals surface area contributed by atoms with E-state index < -0.39 is 0 Å². The third-order valence-electron chi connectivity index (χ3n) is 3.30. The predicted molar refractivity (Wildman–Crippen MR) is 58.8 cm³/mol. The van der Waals surface area contributed by atoms with E-state index in [0.717, 1.165) is 18.6 Å². The second-order valence-corrected chi connectivity index (χ2v) is 4.64. The first-order valence-corrected chi connectivity index (χ1v) is 5.33. The maximum absolute atomic E-state index is 4.00. The molecule has 0 radical (unpaired) electrons. The molecule has 0 aliphatic carbocycles. The first-order valence-electron chi connectivity index (χ1n) is 5.33. The third kappa shape index (κ3) is 1.98. The Bertz CT molecular complexity index is 234. The molecule has 0 spiro atoms. The van der Waals surface area contributed by atoms with Crippen LogP contribution in [0.1, 0.15) is 26.2 Å². The second kappa shape index (κ2) is 3.61. The van der Waals surface area contributed by atoms with Gasteiger partial charge in [0.2, 0.25) is 0 Å². The summed E-state index contributed by atoms with van der Waals surface area (Å²) < 4.78 is 0. The fourth-order valence-electron chi connectivity index (χ4n) is 2.70. The molecular weight excluding hydrogens is 157 g/mol. The summed E-state index contributed by atoms with van der Waals surface area (Å²) in [4.78, 5) is 0. The van der Waals surface area contributed by atoms with E-state index in [-0.39, 0.29) is 0 Å². The molecule has 0 aromatic rings. The van der Waals surface area contributed by atoms with E-state index in [1.807, 2.05) is 0 Å². The van der Waals surface area contributed by atoms with Crippen LogP contribution in [0.5, 0.6) is 0 Å². The van der Waals surface area contributed by atoms with Crippen LogP contribution in [0.15, 0.2) is 24.3 Å². The Kier molecular flexibility index (Phi) is 2.48. The zero-order valence-corrected chi connectivity index (χ0v) is 8.42. The van der Waals surface area contributed by atoms with Gasteiger partial charge in [-0.2, -0.15) is 0 Å². The van der Waals surface area contributed by atoms with Crippen LogP contribution in [0.3, 0.4) is 0 Å². The van der Waals surface area contributed by atoms with Gasteiger partial charge in [0.25, 0.3) is 0 Å². The van der Waals surface area contributed by atoms with E-state index in [2.05, 4.69) is 31.0 Å². The monoisotopic (exact) mass is 175 g/mol. The number of hydrogen-bond acceptors (Lipinski definition) is 1. The van der Waals surface area contributed by atoms with Crippen LogP contribution in [0.4, 0.5) is 0 Å². The molecule has 1 saturated heterocycles. The molecule has 1 N–H and O–H groups in total. The maximum Gasteiger partial charge on any atom is 0.194 e. The quantitative estimate of drug-likeness (QED) is 0.502. The highest BCUT2D eigenvalue weighted by molar-refractivity contribution is 6.67. The number of rotatable bonds is 2. The van der Waals surface area contributed by atoms with Crippen LogP contribution in [0.25, 0.3) is 0 Å². The van der Waals surface area contributed by atoms with Gasteiger partial charge in [0.05, 0.1) is 0 Å². The van der Waals surface area contributed by atoms with Gasteiger partial charge >= 0.3 is 0 Å². The van der Waals surface area contributed by atoms with Crippen molar-refractivity contribution in [3.05, 3.63) is 24.3 Å². The van der Waals surface area contributed by atoms with Crippen molar-refractivity contribution in [2.75, 3.05) is 0 Å². The molecule has 2 rings (SSSR count). The molecule has 0 aromatic carbocycles. The summed E-state index contributed by atoms with van der Waals surface area (Å²) in [6.45, 7) is 6.95. The molecule has 13 heavy (non-hydrogen) atoms. The van der Waals surface area contributed by atoms with Crippen molar-refractivity contribution < 1.29 is 0 Å². The molecule has 2 unspecified atom stereocenters. The largest absolute Gasteiger partial charge is 0.396 e. The SMILES string of the molecule is C=C(C)CC1CCC2NC=CB2C1. The predicted octanol–water partition coefficient (Wildman–Crippen LogP) is 2.42. The lowest BCUT2D eigenvalue weighted by Crippen LogP contribution is -2.39. The van der Waals surface area contributed by atoms with Crippen molar-refractivity contribution in [2.24, 2.45) is 5.92 Å². The topological polar surface area (TPSA) is 12.0 Å². The Morgan fingerprint density at radius 1 is 1.62 bits per heavy atom. The Morgan fingerprint density at radius 3 is 3.23 bits per heavy atom. The van der Waals surface area contributed by atoms with E-state index in [0.29, 0.717) is 0 Å². The van der Waals surface area contributed by atoms with Gasteiger partial charge in [0.15, 0.2) is 6.71 Å². The molecule has 2 heteroatoms. The van der Waals surface area contributed by atoms with E-state index in [9.17, 15) is 0 Å². The first-order chi connectivity index (χ1) is 6.25. The van der Waals surface area contributed by atoms with Gasteiger partial charge in [0, 0.05) is 5.94 Å².